The molecule has 90 valence electrons. The highest BCUT2D eigenvalue weighted by Crippen LogP contribution is 2.11. The van der Waals surface area contributed by atoms with Gasteiger partial charge in [-0.25, -0.2) is 4.98 Å². The average molecular weight is 249 g/mol. The highest BCUT2D eigenvalue weighted by atomic mass is 32.1. The number of aryl methyl sites for hydroxylation is 3. The molecule has 0 aliphatic rings. The highest BCUT2D eigenvalue weighted by molar-refractivity contribution is 7.09. The Morgan fingerprint density at radius 1 is 1.53 bits per heavy atom. The molecule has 0 atom stereocenters. The van der Waals surface area contributed by atoms with Crippen LogP contribution in [0.1, 0.15) is 22.8 Å². The van der Waals surface area contributed by atoms with E-state index < -0.39 is 0 Å². The van der Waals surface area contributed by atoms with E-state index in [1.54, 1.807) is 22.2 Å². The molecule has 0 fully saturated rings. The Labute approximate surface area is 104 Å². The molecule has 0 radical (unpaired) electrons. The van der Waals surface area contributed by atoms with Gasteiger partial charge in [0.15, 0.2) is 0 Å². The molecule has 0 amide bonds. The van der Waals surface area contributed by atoms with Gasteiger partial charge in [0.05, 0.1) is 6.42 Å². The Hall–Kier alpha value is -1.49. The van der Waals surface area contributed by atoms with Crippen LogP contribution in [-0.4, -0.2) is 20.5 Å². The lowest BCUT2D eigenvalue weighted by atomic mass is 10.1. The number of nitrogens with zero attached hydrogens (tertiary/aromatic N) is 3. The van der Waals surface area contributed by atoms with Gasteiger partial charge in [0.1, 0.15) is 10.8 Å². The number of aromatic nitrogens is 3. The first-order valence-electron chi connectivity index (χ1n) is 5.55. The molecule has 0 saturated heterocycles. The predicted octanol–water partition coefficient (Wildman–Crippen LogP) is 1.93. The number of hydrogen-bond acceptors (Lipinski definition) is 4. The lowest BCUT2D eigenvalue weighted by Crippen LogP contribution is -2.06. The number of carbonyl (C=O) groups is 1. The summed E-state index contributed by atoms with van der Waals surface area (Å²) in [6.07, 6.45) is 3.51. The molecular weight excluding hydrogens is 234 g/mol. The molecule has 0 aliphatic carbocycles. The third-order valence-electron chi connectivity index (χ3n) is 2.60. The zero-order valence-electron chi connectivity index (χ0n) is 10.0. The molecule has 0 unspecified atom stereocenters. The van der Waals surface area contributed by atoms with Gasteiger partial charge >= 0.3 is 0 Å². The monoisotopic (exact) mass is 249 g/mol. The first-order valence-corrected chi connectivity index (χ1v) is 6.42. The van der Waals surface area contributed by atoms with Crippen LogP contribution in [0.3, 0.4) is 0 Å². The zero-order valence-corrected chi connectivity index (χ0v) is 10.8. The Balaban J connectivity index is 1.84. The normalized spacial score (nSPS) is 10.7. The zero-order chi connectivity index (χ0) is 12.3. The summed E-state index contributed by atoms with van der Waals surface area (Å²) in [5, 5.41) is 6.97. The summed E-state index contributed by atoms with van der Waals surface area (Å²) in [6.45, 7) is 1.94. The molecule has 0 aliphatic heterocycles. The van der Waals surface area contributed by atoms with Crippen LogP contribution in [0.4, 0.5) is 0 Å². The summed E-state index contributed by atoms with van der Waals surface area (Å²) in [5.74, 6) is 0.237. The van der Waals surface area contributed by atoms with Gasteiger partial charge in [0, 0.05) is 36.4 Å². The van der Waals surface area contributed by atoms with E-state index in [2.05, 4.69) is 10.1 Å². The SMILES string of the molecule is Cc1csc(CC(=O)CCc2ccnn2C)n1. The van der Waals surface area contributed by atoms with E-state index in [0.717, 1.165) is 22.8 Å². The fourth-order valence-electron chi connectivity index (χ4n) is 1.65. The quantitative estimate of drug-likeness (QED) is 0.813. The number of ketones is 1. The molecule has 2 heterocycles. The lowest BCUT2D eigenvalue weighted by Gasteiger charge is -2.00. The van der Waals surface area contributed by atoms with Crippen molar-refractivity contribution in [2.24, 2.45) is 7.05 Å². The van der Waals surface area contributed by atoms with E-state index in [-0.39, 0.29) is 5.78 Å². The summed E-state index contributed by atoms with van der Waals surface area (Å²) in [5.41, 5.74) is 2.08. The van der Waals surface area contributed by atoms with Crippen LogP contribution in [-0.2, 0) is 24.7 Å². The van der Waals surface area contributed by atoms with Gasteiger partial charge in [0.25, 0.3) is 0 Å². The second kappa shape index (κ2) is 5.23. The maximum atomic E-state index is 11.8. The number of carbonyl (C=O) groups excluding carboxylic acids is 1. The molecular formula is C12H15N3OS. The van der Waals surface area contributed by atoms with E-state index in [1.807, 2.05) is 25.4 Å². The number of Topliss-reactive ketones (excluding diaryl/α,β-unsaturated/α-hetero) is 1. The van der Waals surface area contributed by atoms with Crippen LogP contribution in [0.2, 0.25) is 0 Å². The molecule has 5 heteroatoms. The van der Waals surface area contributed by atoms with E-state index in [0.29, 0.717) is 12.8 Å². The van der Waals surface area contributed by atoms with Crippen molar-refractivity contribution < 1.29 is 4.79 Å². The van der Waals surface area contributed by atoms with Crippen LogP contribution in [0.25, 0.3) is 0 Å². The molecule has 2 aromatic rings. The maximum absolute atomic E-state index is 11.8. The van der Waals surface area contributed by atoms with E-state index in [4.69, 9.17) is 0 Å². The summed E-state index contributed by atoms with van der Waals surface area (Å²) in [6, 6.07) is 1.95. The lowest BCUT2D eigenvalue weighted by molar-refractivity contribution is -0.118. The third kappa shape index (κ3) is 3.23. The minimum atomic E-state index is 0.237. The Bertz CT molecular complexity index is 515. The second-order valence-corrected chi connectivity index (χ2v) is 4.99. The smallest absolute Gasteiger partial charge is 0.140 e. The minimum absolute atomic E-state index is 0.237. The molecule has 0 spiro atoms. The van der Waals surface area contributed by atoms with Crippen LogP contribution in [0, 0.1) is 6.92 Å². The van der Waals surface area contributed by atoms with Crippen LogP contribution in [0.15, 0.2) is 17.6 Å². The topological polar surface area (TPSA) is 47.8 Å². The van der Waals surface area contributed by atoms with E-state index in [9.17, 15) is 4.79 Å². The van der Waals surface area contributed by atoms with Gasteiger partial charge in [-0.3, -0.25) is 9.48 Å². The van der Waals surface area contributed by atoms with Gasteiger partial charge in [-0.05, 0) is 19.4 Å². The van der Waals surface area contributed by atoms with Crippen LogP contribution in [0.5, 0.6) is 0 Å². The maximum Gasteiger partial charge on any atom is 0.140 e. The van der Waals surface area contributed by atoms with Gasteiger partial charge in [-0.1, -0.05) is 0 Å². The van der Waals surface area contributed by atoms with Gasteiger partial charge < -0.3 is 0 Å². The van der Waals surface area contributed by atoms with E-state index in [1.165, 1.54) is 0 Å². The summed E-state index contributed by atoms with van der Waals surface area (Å²) < 4.78 is 1.81. The Morgan fingerprint density at radius 3 is 2.94 bits per heavy atom. The van der Waals surface area contributed by atoms with Gasteiger partial charge in [0.2, 0.25) is 0 Å². The molecule has 0 N–H and O–H groups in total. The average Bonchev–Trinajstić information content (AvgIpc) is 2.85. The van der Waals surface area contributed by atoms with Crippen molar-refractivity contribution in [3.63, 3.8) is 0 Å². The van der Waals surface area contributed by atoms with Crippen LogP contribution < -0.4 is 0 Å². The van der Waals surface area contributed by atoms with Gasteiger partial charge in [-0.15, -0.1) is 11.3 Å². The van der Waals surface area contributed by atoms with Crippen molar-refractivity contribution in [2.75, 3.05) is 0 Å². The highest BCUT2D eigenvalue weighted by Gasteiger charge is 2.08. The second-order valence-electron chi connectivity index (χ2n) is 4.04. The third-order valence-corrected chi connectivity index (χ3v) is 3.56. The van der Waals surface area contributed by atoms with Crippen molar-refractivity contribution in [2.45, 2.75) is 26.2 Å². The van der Waals surface area contributed by atoms with Crippen molar-refractivity contribution in [3.05, 3.63) is 34.0 Å². The fourth-order valence-corrected chi connectivity index (χ4v) is 2.46. The number of hydrogen-bond donors (Lipinski definition) is 0. The van der Waals surface area contributed by atoms with Crippen LogP contribution >= 0.6 is 11.3 Å². The predicted molar refractivity (Wildman–Crippen MR) is 67.1 cm³/mol. The first-order chi connectivity index (χ1) is 8.15. The number of thiazole rings is 1. The molecule has 0 saturated carbocycles. The largest absolute Gasteiger partial charge is 0.299 e. The minimum Gasteiger partial charge on any atom is -0.299 e. The molecule has 0 aromatic carbocycles. The standard InChI is InChI=1S/C12H15N3OS/c1-9-8-17-12(14-9)7-11(16)4-3-10-5-6-13-15(10)2/h5-6,8H,3-4,7H2,1-2H3. The van der Waals surface area contributed by atoms with Crippen molar-refractivity contribution in [1.82, 2.24) is 14.8 Å². The molecule has 0 bridgehead atoms. The van der Waals surface area contributed by atoms with Crippen molar-refractivity contribution in [1.29, 1.82) is 0 Å². The molecule has 2 aromatic heterocycles. The van der Waals surface area contributed by atoms with E-state index >= 15 is 0 Å². The van der Waals surface area contributed by atoms with Crippen molar-refractivity contribution in [3.8, 4) is 0 Å². The first kappa shape index (κ1) is 12.0. The Morgan fingerprint density at radius 2 is 2.35 bits per heavy atom. The Kier molecular flexibility index (Phi) is 3.68. The molecule has 17 heavy (non-hydrogen) atoms. The molecule has 4 nitrogen and oxygen atoms in total. The number of rotatable bonds is 5. The molecule has 2 rings (SSSR count). The summed E-state index contributed by atoms with van der Waals surface area (Å²) in [7, 11) is 1.89. The summed E-state index contributed by atoms with van der Waals surface area (Å²) >= 11 is 1.55. The van der Waals surface area contributed by atoms with Gasteiger partial charge in [-0.2, -0.15) is 5.10 Å². The summed E-state index contributed by atoms with van der Waals surface area (Å²) in [4.78, 5) is 16.1. The van der Waals surface area contributed by atoms with Crippen molar-refractivity contribution >= 4 is 17.1 Å². The fraction of sp³-hybridized carbons (Fsp3) is 0.417.